The number of unbranched alkanes of at least 4 members (excludes halogenated alkanes) is 8. The summed E-state index contributed by atoms with van der Waals surface area (Å²) in [4.78, 5) is 11.8. The second-order valence-corrected chi connectivity index (χ2v) is 17.1. The van der Waals surface area contributed by atoms with Gasteiger partial charge < -0.3 is 28.1 Å². The third-order valence-corrected chi connectivity index (χ3v) is 13.1. The molecule has 0 saturated carbocycles. The quantitative estimate of drug-likeness (QED) is 0.0549. The highest BCUT2D eigenvalue weighted by molar-refractivity contribution is 6.99. The summed E-state index contributed by atoms with van der Waals surface area (Å²) >= 11 is 0. The van der Waals surface area contributed by atoms with Gasteiger partial charge in [0, 0.05) is 6.42 Å². The van der Waals surface area contributed by atoms with Crippen LogP contribution in [0.2, 0.25) is 5.04 Å². The Morgan fingerprint density at radius 1 is 0.543 bits per heavy atom. The molecule has 0 bridgehead atoms. The van der Waals surface area contributed by atoms with E-state index in [0.717, 1.165) is 12.8 Å². The van der Waals surface area contributed by atoms with Crippen molar-refractivity contribution >= 4 is 24.7 Å². The second kappa shape index (κ2) is 25.0. The lowest BCUT2D eigenvalue weighted by Crippen LogP contribution is -2.66. The van der Waals surface area contributed by atoms with Crippen molar-refractivity contribution in [3.05, 3.63) is 60.7 Å². The molecule has 0 heterocycles. The number of carbonyl (C=O) groups excluding carboxylic acids is 1. The average Bonchev–Trinajstić information content (AvgIpc) is 3.05. The number of rotatable bonds is 28. The van der Waals surface area contributed by atoms with Crippen molar-refractivity contribution < 1.29 is 32.9 Å². The van der Waals surface area contributed by atoms with Crippen molar-refractivity contribution in [3.8, 4) is 0 Å². The predicted molar refractivity (Wildman–Crippen MR) is 190 cm³/mol. The Hall–Kier alpha value is -2.07. The minimum atomic E-state index is -2.53. The third kappa shape index (κ3) is 16.2. The zero-order chi connectivity index (χ0) is 33.2. The van der Waals surface area contributed by atoms with Crippen LogP contribution in [0.1, 0.15) is 91.9 Å². The van der Waals surface area contributed by atoms with Gasteiger partial charge in [-0.25, -0.2) is 0 Å². The summed E-state index contributed by atoms with van der Waals surface area (Å²) in [5.74, 6) is -0.129. The monoisotopic (exact) mass is 658 g/mol. The Bertz CT molecular complexity index is 958. The molecule has 0 N–H and O–H groups in total. The maximum absolute atomic E-state index is 11.8. The van der Waals surface area contributed by atoms with Crippen LogP contribution in [0.25, 0.3) is 0 Å². The van der Waals surface area contributed by atoms with Crippen LogP contribution >= 0.6 is 0 Å². The smallest absolute Gasteiger partial charge is 0.305 e. The van der Waals surface area contributed by atoms with E-state index in [9.17, 15) is 4.79 Å². The summed E-state index contributed by atoms with van der Waals surface area (Å²) in [7, 11) is -2.53. The molecule has 0 aliphatic heterocycles. The predicted octanol–water partition coefficient (Wildman–Crippen LogP) is 7.09. The van der Waals surface area contributed by atoms with E-state index < -0.39 is 8.32 Å². The van der Waals surface area contributed by atoms with Gasteiger partial charge in [0.1, 0.15) is 6.61 Å². The molecule has 0 unspecified atom stereocenters. The van der Waals surface area contributed by atoms with E-state index in [1.54, 1.807) is 0 Å². The molecule has 7 nitrogen and oxygen atoms in total. The van der Waals surface area contributed by atoms with Gasteiger partial charge in [-0.1, -0.05) is 140 Å². The van der Waals surface area contributed by atoms with Crippen LogP contribution in [-0.4, -0.2) is 80.4 Å². The van der Waals surface area contributed by atoms with Crippen LogP contribution in [0, 0.1) is 0 Å². The zero-order valence-corrected chi connectivity index (χ0v) is 30.3. The SMILES string of the molecule is CCCCCCCCCCCC(=O)OCCOCCOCCOCCOCCO[Si](c1ccccc1)(c1ccccc1)C(C)(C)C. The lowest BCUT2D eigenvalue weighted by molar-refractivity contribution is -0.145. The van der Waals surface area contributed by atoms with Crippen LogP contribution in [0.4, 0.5) is 0 Å². The molecule has 2 aromatic rings. The van der Waals surface area contributed by atoms with Crippen molar-refractivity contribution in [2.75, 3.05) is 66.1 Å². The Kier molecular flexibility index (Phi) is 21.8. The van der Waals surface area contributed by atoms with Gasteiger partial charge in [-0.05, 0) is 21.8 Å². The first-order valence-corrected chi connectivity index (χ1v) is 19.5. The summed E-state index contributed by atoms with van der Waals surface area (Å²) in [6, 6.07) is 21.3. The van der Waals surface area contributed by atoms with Crippen LogP contribution in [0.15, 0.2) is 60.7 Å². The molecule has 2 aromatic carbocycles. The van der Waals surface area contributed by atoms with Crippen molar-refractivity contribution in [1.82, 2.24) is 0 Å². The van der Waals surface area contributed by atoms with E-state index in [1.165, 1.54) is 55.3 Å². The second-order valence-electron chi connectivity index (χ2n) is 12.8. The normalized spacial score (nSPS) is 12.0. The van der Waals surface area contributed by atoms with Gasteiger partial charge in [-0.2, -0.15) is 0 Å². The molecule has 0 amide bonds. The minimum Gasteiger partial charge on any atom is -0.463 e. The minimum absolute atomic E-state index is 0.0527. The molecule has 8 heteroatoms. The van der Waals surface area contributed by atoms with Gasteiger partial charge in [-0.15, -0.1) is 0 Å². The van der Waals surface area contributed by atoms with Gasteiger partial charge >= 0.3 is 5.97 Å². The van der Waals surface area contributed by atoms with Crippen molar-refractivity contribution in [2.24, 2.45) is 0 Å². The van der Waals surface area contributed by atoms with Crippen LogP contribution < -0.4 is 10.4 Å². The molecule has 0 radical (unpaired) electrons. The van der Waals surface area contributed by atoms with Gasteiger partial charge in [0.2, 0.25) is 0 Å². The first kappa shape index (κ1) is 40.1. The van der Waals surface area contributed by atoms with E-state index in [2.05, 4.69) is 88.4 Å². The van der Waals surface area contributed by atoms with Crippen molar-refractivity contribution in [2.45, 2.75) is 96.9 Å². The molecule has 0 aromatic heterocycles. The van der Waals surface area contributed by atoms with E-state index in [-0.39, 0.29) is 11.0 Å². The molecule has 0 aliphatic rings. The highest BCUT2D eigenvalue weighted by atomic mass is 28.4. The molecule has 0 spiro atoms. The molecule has 0 fully saturated rings. The maximum Gasteiger partial charge on any atom is 0.305 e. The van der Waals surface area contributed by atoms with Crippen LogP contribution in [0.3, 0.4) is 0 Å². The summed E-state index contributed by atoms with van der Waals surface area (Å²) in [5, 5.41) is 2.49. The molecule has 0 saturated heterocycles. The average molecular weight is 659 g/mol. The van der Waals surface area contributed by atoms with Gasteiger partial charge in [-0.3, -0.25) is 4.79 Å². The fraction of sp³-hybridized carbons (Fsp3) is 0.658. The number of esters is 1. The molecule has 260 valence electrons. The number of benzene rings is 2. The molecular weight excluding hydrogens is 596 g/mol. The lowest BCUT2D eigenvalue weighted by atomic mass is 10.1. The maximum atomic E-state index is 11.8. The first-order valence-electron chi connectivity index (χ1n) is 17.6. The molecule has 2 rings (SSSR count). The largest absolute Gasteiger partial charge is 0.463 e. The highest BCUT2D eigenvalue weighted by Crippen LogP contribution is 2.36. The van der Waals surface area contributed by atoms with E-state index >= 15 is 0 Å². The van der Waals surface area contributed by atoms with Crippen molar-refractivity contribution in [1.29, 1.82) is 0 Å². The molecule has 46 heavy (non-hydrogen) atoms. The van der Waals surface area contributed by atoms with E-state index in [1.807, 2.05) is 0 Å². The summed E-state index contributed by atoms with van der Waals surface area (Å²) in [6.45, 7) is 13.7. The molecule has 0 aliphatic carbocycles. The fourth-order valence-electron chi connectivity index (χ4n) is 5.64. The number of hydrogen-bond acceptors (Lipinski definition) is 7. The zero-order valence-electron chi connectivity index (χ0n) is 29.3. The Labute approximate surface area is 280 Å². The van der Waals surface area contributed by atoms with Crippen molar-refractivity contribution in [3.63, 3.8) is 0 Å². The molecule has 0 atom stereocenters. The van der Waals surface area contributed by atoms with Crippen LogP contribution in [-0.2, 0) is 32.9 Å². The summed E-state index contributed by atoms with van der Waals surface area (Å²) in [5.41, 5.74) is 0. The Balaban J connectivity index is 1.44. The van der Waals surface area contributed by atoms with Gasteiger partial charge in [0.15, 0.2) is 0 Å². The highest BCUT2D eigenvalue weighted by Gasteiger charge is 2.50. The number of carbonyl (C=O) groups is 1. The summed E-state index contributed by atoms with van der Waals surface area (Å²) in [6.07, 6.45) is 11.6. The lowest BCUT2D eigenvalue weighted by Gasteiger charge is -2.43. The Morgan fingerprint density at radius 3 is 1.37 bits per heavy atom. The number of ether oxygens (including phenoxy) is 5. The number of hydrogen-bond donors (Lipinski definition) is 0. The summed E-state index contributed by atoms with van der Waals surface area (Å²) < 4.78 is 34.6. The Morgan fingerprint density at radius 2 is 0.935 bits per heavy atom. The van der Waals surface area contributed by atoms with Crippen LogP contribution in [0.5, 0.6) is 0 Å². The van der Waals surface area contributed by atoms with Gasteiger partial charge in [0.25, 0.3) is 8.32 Å². The fourth-order valence-corrected chi connectivity index (χ4v) is 10.2. The van der Waals surface area contributed by atoms with E-state index in [4.69, 9.17) is 28.1 Å². The topological polar surface area (TPSA) is 72.5 Å². The first-order chi connectivity index (χ1) is 22.4. The third-order valence-electron chi connectivity index (χ3n) is 8.05. The van der Waals surface area contributed by atoms with Gasteiger partial charge in [0.05, 0.1) is 59.5 Å². The van der Waals surface area contributed by atoms with E-state index in [0.29, 0.717) is 72.5 Å². The standard InChI is InChI=1S/C38H62O7Si/c1-5-6-7-8-9-10-11-12-19-24-37(39)44-33-31-42-29-27-40-25-26-41-28-30-43-32-34-45-46(38(2,3)4,35-20-15-13-16-21-35)36-22-17-14-18-23-36/h13-18,20-23H,5-12,19,24-34H2,1-4H3. The molecular formula is C38H62O7Si.